The van der Waals surface area contributed by atoms with E-state index in [1.165, 1.54) is 43.4 Å². The van der Waals surface area contributed by atoms with Crippen molar-refractivity contribution in [2.24, 2.45) is 0 Å². The fourth-order valence-corrected chi connectivity index (χ4v) is 10.1. The number of hydrogen-bond donors (Lipinski definition) is 0. The zero-order chi connectivity index (χ0) is 42.6. The van der Waals surface area contributed by atoms with E-state index in [1.807, 2.05) is 0 Å². The minimum Gasteiger partial charge on any atom is -0.456 e. The van der Waals surface area contributed by atoms with Gasteiger partial charge in [-0.2, -0.15) is 0 Å². The molecule has 14 rings (SSSR count). The summed E-state index contributed by atoms with van der Waals surface area (Å²) < 4.78 is 11.6. The number of aromatic nitrogens is 5. The van der Waals surface area contributed by atoms with Gasteiger partial charge in [-0.1, -0.05) is 146 Å². The summed E-state index contributed by atoms with van der Waals surface area (Å²) in [7, 11) is 0. The fraction of sp³-hybridized carbons (Fsp3) is 0. The van der Waals surface area contributed by atoms with Gasteiger partial charge in [0.15, 0.2) is 17.5 Å². The van der Waals surface area contributed by atoms with Crippen molar-refractivity contribution in [1.29, 1.82) is 0 Å². The highest BCUT2D eigenvalue weighted by Crippen LogP contribution is 2.43. The van der Waals surface area contributed by atoms with Gasteiger partial charge in [-0.05, 0) is 88.3 Å². The SMILES string of the molecule is c1ccc(-n2c3ccccc3c3ccc4c5ccccc5n(-c5ccc6oc7cc(-c8nc(-c9ccc%10ccccc%10c9)nc(-c9ccc%10ccccc%10c9)n8)ccc7c6c5)c4c32)cc1. The van der Waals surface area contributed by atoms with Crippen LogP contribution in [0.15, 0.2) is 217 Å². The molecule has 0 N–H and O–H groups in total. The number of furan rings is 1. The molecule has 4 heterocycles. The zero-order valence-corrected chi connectivity index (χ0v) is 34.9. The molecule has 0 bridgehead atoms. The van der Waals surface area contributed by atoms with Gasteiger partial charge in [-0.25, -0.2) is 15.0 Å². The van der Waals surface area contributed by atoms with Crippen molar-refractivity contribution >= 4 is 87.1 Å². The lowest BCUT2D eigenvalue weighted by molar-refractivity contribution is 0.669. The lowest BCUT2D eigenvalue weighted by Crippen LogP contribution is -2.00. The molecule has 0 spiro atoms. The van der Waals surface area contributed by atoms with Crippen LogP contribution < -0.4 is 0 Å². The lowest BCUT2D eigenvalue weighted by Gasteiger charge is -2.12. The predicted molar refractivity (Wildman–Crippen MR) is 267 cm³/mol. The maximum Gasteiger partial charge on any atom is 0.164 e. The van der Waals surface area contributed by atoms with Gasteiger partial charge in [0, 0.05) is 60.4 Å². The van der Waals surface area contributed by atoms with E-state index < -0.39 is 0 Å². The van der Waals surface area contributed by atoms with Gasteiger partial charge < -0.3 is 13.6 Å². The maximum atomic E-state index is 6.69. The van der Waals surface area contributed by atoms with Crippen LogP contribution in [0.3, 0.4) is 0 Å². The van der Waals surface area contributed by atoms with Crippen LogP contribution in [0.2, 0.25) is 0 Å². The lowest BCUT2D eigenvalue weighted by atomic mass is 10.1. The van der Waals surface area contributed by atoms with E-state index in [9.17, 15) is 0 Å². The first-order chi connectivity index (χ1) is 32.2. The predicted octanol–water partition coefficient (Wildman–Crippen LogP) is 15.3. The molecular weight excluding hydrogens is 795 g/mol. The normalized spacial score (nSPS) is 12.0. The average molecular weight is 830 g/mol. The summed E-state index contributed by atoms with van der Waals surface area (Å²) in [5.41, 5.74) is 11.1. The number of benzene rings is 10. The molecule has 6 nitrogen and oxygen atoms in total. The molecule has 65 heavy (non-hydrogen) atoms. The molecule has 0 unspecified atom stereocenters. The van der Waals surface area contributed by atoms with Crippen molar-refractivity contribution in [3.8, 4) is 45.5 Å². The van der Waals surface area contributed by atoms with Gasteiger partial charge in [-0.3, -0.25) is 0 Å². The van der Waals surface area contributed by atoms with Crippen LogP contribution in [-0.4, -0.2) is 24.1 Å². The summed E-state index contributed by atoms with van der Waals surface area (Å²) in [6.45, 7) is 0. The molecule has 14 aromatic rings. The number of hydrogen-bond acceptors (Lipinski definition) is 4. The molecule has 0 fully saturated rings. The van der Waals surface area contributed by atoms with Gasteiger partial charge in [0.1, 0.15) is 11.2 Å². The van der Waals surface area contributed by atoms with E-state index >= 15 is 0 Å². The van der Waals surface area contributed by atoms with Crippen molar-refractivity contribution in [2.75, 3.05) is 0 Å². The van der Waals surface area contributed by atoms with E-state index in [1.54, 1.807) is 0 Å². The average Bonchev–Trinajstić information content (AvgIpc) is 4.03. The molecule has 10 aromatic carbocycles. The second-order valence-corrected chi connectivity index (χ2v) is 16.8. The van der Waals surface area contributed by atoms with Gasteiger partial charge in [0.2, 0.25) is 0 Å². The molecule has 0 saturated carbocycles. The summed E-state index contributed by atoms with van der Waals surface area (Å²) in [5, 5.41) is 11.5. The van der Waals surface area contributed by atoms with Crippen molar-refractivity contribution in [3.05, 3.63) is 212 Å². The summed E-state index contributed by atoms with van der Waals surface area (Å²) in [5.74, 6) is 1.81. The Morgan fingerprint density at radius 1 is 0.292 bits per heavy atom. The number of para-hydroxylation sites is 3. The smallest absolute Gasteiger partial charge is 0.164 e. The summed E-state index contributed by atoms with van der Waals surface area (Å²) in [6.07, 6.45) is 0. The van der Waals surface area contributed by atoms with Crippen LogP contribution in [0, 0.1) is 0 Å². The summed E-state index contributed by atoms with van der Waals surface area (Å²) >= 11 is 0. The van der Waals surface area contributed by atoms with Crippen molar-refractivity contribution < 1.29 is 4.42 Å². The molecule has 0 aliphatic carbocycles. The van der Waals surface area contributed by atoms with Gasteiger partial charge in [-0.15, -0.1) is 0 Å². The second kappa shape index (κ2) is 13.8. The highest BCUT2D eigenvalue weighted by Gasteiger charge is 2.22. The number of rotatable bonds is 5. The molecule has 0 radical (unpaired) electrons. The Morgan fingerprint density at radius 2 is 0.769 bits per heavy atom. The minimum absolute atomic E-state index is 0.581. The van der Waals surface area contributed by atoms with Gasteiger partial charge in [0.25, 0.3) is 0 Å². The third-order valence-corrected chi connectivity index (χ3v) is 13.1. The third-order valence-electron chi connectivity index (χ3n) is 13.1. The molecule has 0 aliphatic rings. The third kappa shape index (κ3) is 5.51. The Labute approximate surface area is 371 Å². The highest BCUT2D eigenvalue weighted by molar-refractivity contribution is 6.24. The van der Waals surface area contributed by atoms with Crippen LogP contribution in [-0.2, 0) is 0 Å². The fourth-order valence-electron chi connectivity index (χ4n) is 10.1. The van der Waals surface area contributed by atoms with Crippen molar-refractivity contribution in [2.45, 2.75) is 0 Å². The standard InChI is InChI=1S/C59H35N5O/c1-2-16-43(17-3-1)63-51-20-10-8-18-45(51)48-29-30-49-46-19-9-11-21-52(46)64(56(49)55(48)63)44-27-31-53-50(35-44)47-28-26-42(34-54(47)65-53)59-61-57(40-24-22-36-12-4-6-14-38(36)32-40)60-58(62-59)41-25-23-37-13-5-7-15-39(37)33-41/h1-35H. The molecule has 302 valence electrons. The molecular formula is C59H35N5O. The maximum absolute atomic E-state index is 6.69. The Balaban J connectivity index is 0.956. The number of nitrogens with zero attached hydrogens (tertiary/aromatic N) is 5. The van der Waals surface area contributed by atoms with Crippen molar-refractivity contribution in [1.82, 2.24) is 24.1 Å². The van der Waals surface area contributed by atoms with Crippen LogP contribution >= 0.6 is 0 Å². The molecule has 0 saturated heterocycles. The molecule has 0 aliphatic heterocycles. The first-order valence-electron chi connectivity index (χ1n) is 21.9. The quantitative estimate of drug-likeness (QED) is 0.173. The Kier molecular flexibility index (Phi) is 7.59. The van der Waals surface area contributed by atoms with Crippen LogP contribution in [0.4, 0.5) is 0 Å². The number of fused-ring (bicyclic) bond motifs is 12. The highest BCUT2D eigenvalue weighted by atomic mass is 16.3. The van der Waals surface area contributed by atoms with E-state index in [0.717, 1.165) is 71.8 Å². The van der Waals surface area contributed by atoms with Gasteiger partial charge >= 0.3 is 0 Å². The molecule has 6 heteroatoms. The molecule has 0 amide bonds. The van der Waals surface area contributed by atoms with Crippen LogP contribution in [0.1, 0.15) is 0 Å². The summed E-state index contributed by atoms with van der Waals surface area (Å²) in [6, 6.07) is 75.1. The Morgan fingerprint density at radius 3 is 1.37 bits per heavy atom. The molecule has 4 aromatic heterocycles. The first-order valence-corrected chi connectivity index (χ1v) is 21.9. The molecule has 0 atom stereocenters. The van der Waals surface area contributed by atoms with E-state index in [-0.39, 0.29) is 0 Å². The largest absolute Gasteiger partial charge is 0.456 e. The Bertz CT molecular complexity index is 4160. The van der Waals surface area contributed by atoms with Crippen LogP contribution in [0.5, 0.6) is 0 Å². The van der Waals surface area contributed by atoms with Crippen molar-refractivity contribution in [3.63, 3.8) is 0 Å². The minimum atomic E-state index is 0.581. The van der Waals surface area contributed by atoms with Crippen LogP contribution in [0.25, 0.3) is 133 Å². The van der Waals surface area contributed by atoms with E-state index in [4.69, 9.17) is 19.4 Å². The Hall–Kier alpha value is -8.87. The first kappa shape index (κ1) is 35.7. The zero-order valence-electron chi connectivity index (χ0n) is 34.9. The monoisotopic (exact) mass is 829 g/mol. The van der Waals surface area contributed by atoms with Gasteiger partial charge in [0.05, 0.1) is 22.1 Å². The van der Waals surface area contributed by atoms with E-state index in [2.05, 4.69) is 221 Å². The summed E-state index contributed by atoms with van der Waals surface area (Å²) in [4.78, 5) is 15.4. The van der Waals surface area contributed by atoms with E-state index in [0.29, 0.717) is 17.5 Å². The second-order valence-electron chi connectivity index (χ2n) is 16.8. The topological polar surface area (TPSA) is 61.7 Å².